The summed E-state index contributed by atoms with van der Waals surface area (Å²) >= 11 is 0. The van der Waals surface area contributed by atoms with E-state index in [9.17, 15) is 9.59 Å². The Morgan fingerprint density at radius 2 is 2.27 bits per heavy atom. The number of nitrogens with one attached hydrogen (secondary N) is 2. The molecular formula is C10H17N3O2. The normalized spacial score (nSPS) is 30.3. The summed E-state index contributed by atoms with van der Waals surface area (Å²) in [7, 11) is 1.82. The van der Waals surface area contributed by atoms with Crippen LogP contribution in [0.2, 0.25) is 0 Å². The number of carbonyl (C=O) groups is 2. The first-order chi connectivity index (χ1) is 7.18. The van der Waals surface area contributed by atoms with Crippen LogP contribution in [-0.4, -0.2) is 48.9 Å². The van der Waals surface area contributed by atoms with E-state index in [4.69, 9.17) is 0 Å². The number of hydrogen-bond acceptors (Lipinski definition) is 3. The van der Waals surface area contributed by atoms with Crippen LogP contribution in [0, 0.1) is 0 Å². The predicted molar refractivity (Wildman–Crippen MR) is 55.2 cm³/mol. The van der Waals surface area contributed by atoms with E-state index in [1.807, 2.05) is 7.05 Å². The molecule has 0 aromatic rings. The van der Waals surface area contributed by atoms with E-state index >= 15 is 0 Å². The Hall–Kier alpha value is -1.10. The topological polar surface area (TPSA) is 61.4 Å². The molecule has 2 aliphatic heterocycles. The summed E-state index contributed by atoms with van der Waals surface area (Å²) in [6, 6.07) is -0.00176. The molecule has 84 valence electrons. The Labute approximate surface area is 89.2 Å². The standard InChI is InChI=1S/C10H17N3O2/c1-13(7-4-5-11-6-7)10(15)8-2-3-9(14)12-8/h7-8,11H,2-6H2,1H3,(H,12,14). The zero-order valence-corrected chi connectivity index (χ0v) is 8.95. The lowest BCUT2D eigenvalue weighted by Crippen LogP contribution is -2.47. The Morgan fingerprint density at radius 3 is 2.80 bits per heavy atom. The third-order valence-corrected chi connectivity index (χ3v) is 3.22. The van der Waals surface area contributed by atoms with Crippen molar-refractivity contribution in [1.29, 1.82) is 0 Å². The van der Waals surface area contributed by atoms with Crippen molar-refractivity contribution in [2.45, 2.75) is 31.3 Å². The maximum atomic E-state index is 12.0. The number of hydrogen-bond donors (Lipinski definition) is 2. The molecule has 0 aliphatic carbocycles. The van der Waals surface area contributed by atoms with Gasteiger partial charge in [0.25, 0.3) is 0 Å². The van der Waals surface area contributed by atoms with Gasteiger partial charge in [0.2, 0.25) is 11.8 Å². The number of likely N-dealkylation sites (N-methyl/N-ethyl adjacent to an activating group) is 1. The molecule has 2 amide bonds. The van der Waals surface area contributed by atoms with Crippen molar-refractivity contribution in [3.63, 3.8) is 0 Å². The molecule has 5 nitrogen and oxygen atoms in total. The van der Waals surface area contributed by atoms with Gasteiger partial charge >= 0.3 is 0 Å². The van der Waals surface area contributed by atoms with E-state index in [0.717, 1.165) is 19.5 Å². The van der Waals surface area contributed by atoms with E-state index < -0.39 is 0 Å². The summed E-state index contributed by atoms with van der Waals surface area (Å²) in [6.07, 6.45) is 2.12. The minimum Gasteiger partial charge on any atom is -0.344 e. The van der Waals surface area contributed by atoms with Crippen molar-refractivity contribution < 1.29 is 9.59 Å². The molecule has 15 heavy (non-hydrogen) atoms. The zero-order valence-electron chi connectivity index (χ0n) is 8.95. The SMILES string of the molecule is CN(C(=O)C1CCC(=O)N1)C1CCNC1. The van der Waals surface area contributed by atoms with Crippen molar-refractivity contribution in [3.8, 4) is 0 Å². The Balaban J connectivity index is 1.91. The highest BCUT2D eigenvalue weighted by Crippen LogP contribution is 2.13. The summed E-state index contributed by atoms with van der Waals surface area (Å²) in [6.45, 7) is 1.84. The summed E-state index contributed by atoms with van der Waals surface area (Å²) in [5, 5.41) is 5.93. The third kappa shape index (κ3) is 2.12. The average Bonchev–Trinajstić information content (AvgIpc) is 2.85. The zero-order chi connectivity index (χ0) is 10.8. The lowest BCUT2D eigenvalue weighted by molar-refractivity contribution is -0.134. The summed E-state index contributed by atoms with van der Waals surface area (Å²) < 4.78 is 0. The fraction of sp³-hybridized carbons (Fsp3) is 0.800. The molecule has 2 unspecified atom stereocenters. The highest BCUT2D eigenvalue weighted by Gasteiger charge is 2.32. The van der Waals surface area contributed by atoms with Crippen molar-refractivity contribution in [2.75, 3.05) is 20.1 Å². The van der Waals surface area contributed by atoms with Crippen molar-refractivity contribution >= 4 is 11.8 Å². The van der Waals surface area contributed by atoms with Gasteiger partial charge in [0.15, 0.2) is 0 Å². The Bertz CT molecular complexity index is 274. The number of carbonyl (C=O) groups excluding carboxylic acids is 2. The van der Waals surface area contributed by atoms with Crippen molar-refractivity contribution in [1.82, 2.24) is 15.5 Å². The highest BCUT2D eigenvalue weighted by molar-refractivity contribution is 5.90. The molecule has 0 bridgehead atoms. The Kier molecular flexibility index (Phi) is 2.90. The molecule has 2 heterocycles. The van der Waals surface area contributed by atoms with E-state index in [2.05, 4.69) is 10.6 Å². The predicted octanol–water partition coefficient (Wildman–Crippen LogP) is -0.915. The highest BCUT2D eigenvalue weighted by atomic mass is 16.2. The van der Waals surface area contributed by atoms with Crippen molar-refractivity contribution in [2.24, 2.45) is 0 Å². The molecule has 0 spiro atoms. The second-order valence-corrected chi connectivity index (χ2v) is 4.25. The second kappa shape index (κ2) is 4.18. The van der Waals surface area contributed by atoms with Crippen LogP contribution >= 0.6 is 0 Å². The molecule has 2 N–H and O–H groups in total. The lowest BCUT2D eigenvalue weighted by atomic mass is 10.1. The number of nitrogens with zero attached hydrogens (tertiary/aromatic N) is 1. The van der Waals surface area contributed by atoms with Gasteiger partial charge in [-0.25, -0.2) is 0 Å². The number of amides is 2. The van der Waals surface area contributed by atoms with Gasteiger partial charge in [-0.05, 0) is 19.4 Å². The van der Waals surface area contributed by atoms with Gasteiger partial charge < -0.3 is 15.5 Å². The van der Waals surface area contributed by atoms with Gasteiger partial charge in [0.05, 0.1) is 0 Å². The second-order valence-electron chi connectivity index (χ2n) is 4.25. The summed E-state index contributed by atoms with van der Waals surface area (Å²) in [5.74, 6) is 0.0425. The van der Waals surface area contributed by atoms with Crippen LogP contribution in [0.1, 0.15) is 19.3 Å². The van der Waals surface area contributed by atoms with Gasteiger partial charge in [-0.15, -0.1) is 0 Å². The van der Waals surface area contributed by atoms with Gasteiger partial charge in [-0.2, -0.15) is 0 Å². The minimum atomic E-state index is -0.289. The van der Waals surface area contributed by atoms with Crippen LogP contribution < -0.4 is 10.6 Å². The molecule has 0 saturated carbocycles. The van der Waals surface area contributed by atoms with E-state index in [0.29, 0.717) is 12.8 Å². The average molecular weight is 211 g/mol. The molecule has 2 atom stereocenters. The molecule has 2 rings (SSSR count). The summed E-state index contributed by atoms with van der Waals surface area (Å²) in [5.41, 5.74) is 0. The maximum Gasteiger partial charge on any atom is 0.245 e. The first kappa shape index (κ1) is 10.4. The van der Waals surface area contributed by atoms with Gasteiger partial charge in [-0.3, -0.25) is 9.59 Å². The van der Waals surface area contributed by atoms with E-state index in [1.165, 1.54) is 0 Å². The van der Waals surface area contributed by atoms with Gasteiger partial charge in [0.1, 0.15) is 6.04 Å². The smallest absolute Gasteiger partial charge is 0.245 e. The molecule has 0 aromatic heterocycles. The van der Waals surface area contributed by atoms with Crippen LogP contribution in [0.4, 0.5) is 0 Å². The van der Waals surface area contributed by atoms with Crippen LogP contribution in [0.15, 0.2) is 0 Å². The van der Waals surface area contributed by atoms with E-state index in [-0.39, 0.29) is 23.9 Å². The van der Waals surface area contributed by atoms with Crippen LogP contribution in [0.25, 0.3) is 0 Å². The molecule has 2 aliphatic rings. The van der Waals surface area contributed by atoms with Crippen molar-refractivity contribution in [3.05, 3.63) is 0 Å². The molecule has 5 heteroatoms. The van der Waals surface area contributed by atoms with Crippen LogP contribution in [-0.2, 0) is 9.59 Å². The monoisotopic (exact) mass is 211 g/mol. The number of rotatable bonds is 2. The fourth-order valence-electron chi connectivity index (χ4n) is 2.20. The Morgan fingerprint density at radius 1 is 1.47 bits per heavy atom. The first-order valence-corrected chi connectivity index (χ1v) is 5.45. The first-order valence-electron chi connectivity index (χ1n) is 5.45. The maximum absolute atomic E-state index is 12.0. The van der Waals surface area contributed by atoms with Gasteiger partial charge in [-0.1, -0.05) is 0 Å². The van der Waals surface area contributed by atoms with E-state index in [1.54, 1.807) is 4.90 Å². The largest absolute Gasteiger partial charge is 0.344 e. The summed E-state index contributed by atoms with van der Waals surface area (Å²) in [4.78, 5) is 24.7. The molecule has 2 fully saturated rings. The fourth-order valence-corrected chi connectivity index (χ4v) is 2.20. The van der Waals surface area contributed by atoms with Crippen LogP contribution in [0.5, 0.6) is 0 Å². The third-order valence-electron chi connectivity index (χ3n) is 3.22. The molecule has 0 aromatic carbocycles. The minimum absolute atomic E-state index is 0.00806. The molecular weight excluding hydrogens is 194 g/mol. The quantitative estimate of drug-likeness (QED) is 0.621. The molecule has 2 saturated heterocycles. The van der Waals surface area contributed by atoms with Gasteiger partial charge in [0, 0.05) is 26.1 Å². The van der Waals surface area contributed by atoms with Crippen LogP contribution in [0.3, 0.4) is 0 Å². The lowest BCUT2D eigenvalue weighted by Gasteiger charge is -2.26. The molecule has 0 radical (unpaired) electrons.